The Balaban J connectivity index is 1.70. The van der Waals surface area contributed by atoms with Gasteiger partial charge >= 0.3 is 0 Å². The van der Waals surface area contributed by atoms with Crippen LogP contribution in [0.25, 0.3) is 11.1 Å². The first-order chi connectivity index (χ1) is 16.4. The number of benzene rings is 4. The van der Waals surface area contributed by atoms with Crippen LogP contribution in [0.15, 0.2) is 92.4 Å². The minimum Gasteiger partial charge on any atom is -0.507 e. The van der Waals surface area contributed by atoms with Crippen molar-refractivity contribution >= 4 is 23.5 Å². The molecule has 0 radical (unpaired) electrons. The van der Waals surface area contributed by atoms with E-state index in [9.17, 15) is 10.2 Å². The average molecular weight is 491 g/mol. The van der Waals surface area contributed by atoms with Crippen molar-refractivity contribution < 1.29 is 19.7 Å². The number of hydrogen-bond donors (Lipinski definition) is 2. The highest BCUT2D eigenvalue weighted by Crippen LogP contribution is 2.47. The van der Waals surface area contributed by atoms with Gasteiger partial charge in [-0.15, -0.1) is 0 Å². The number of phenols is 2. The predicted octanol–water partition coefficient (Wildman–Crippen LogP) is 7.70. The molecule has 34 heavy (non-hydrogen) atoms. The van der Waals surface area contributed by atoms with Crippen molar-refractivity contribution in [3.8, 4) is 34.1 Å². The van der Waals surface area contributed by atoms with E-state index in [2.05, 4.69) is 0 Å². The zero-order chi connectivity index (χ0) is 24.2. The maximum Gasteiger partial charge on any atom is 0.133 e. The molecule has 4 nitrogen and oxygen atoms in total. The summed E-state index contributed by atoms with van der Waals surface area (Å²) in [5, 5.41) is 21.8. The van der Waals surface area contributed by atoms with Crippen molar-refractivity contribution in [3.05, 3.63) is 83.9 Å². The van der Waals surface area contributed by atoms with Gasteiger partial charge in [-0.05, 0) is 62.4 Å². The number of aryl methyl sites for hydroxylation is 2. The summed E-state index contributed by atoms with van der Waals surface area (Å²) in [4.78, 5) is 3.65. The van der Waals surface area contributed by atoms with E-state index in [1.165, 1.54) is 34.7 Å². The van der Waals surface area contributed by atoms with Crippen LogP contribution in [0.1, 0.15) is 11.1 Å². The Bertz CT molecular complexity index is 1200. The van der Waals surface area contributed by atoms with Crippen LogP contribution in [0, 0.1) is 13.8 Å². The van der Waals surface area contributed by atoms with Crippen LogP contribution >= 0.6 is 23.5 Å². The molecular formula is C28H26O4S2. The van der Waals surface area contributed by atoms with Gasteiger partial charge in [-0.2, -0.15) is 0 Å². The molecule has 2 N–H and O–H groups in total. The topological polar surface area (TPSA) is 58.9 Å². The van der Waals surface area contributed by atoms with Gasteiger partial charge in [0.2, 0.25) is 0 Å². The number of phenolic OH excluding ortho intramolecular Hbond substituents is 2. The molecule has 0 unspecified atom stereocenters. The summed E-state index contributed by atoms with van der Waals surface area (Å²) in [5.74, 6) is 1.31. The summed E-state index contributed by atoms with van der Waals surface area (Å²) in [5.41, 5.74) is 3.30. The Labute approximate surface area is 208 Å². The van der Waals surface area contributed by atoms with E-state index in [1.54, 1.807) is 38.5 Å². The van der Waals surface area contributed by atoms with E-state index in [0.29, 0.717) is 22.6 Å². The molecule has 0 aliphatic heterocycles. The van der Waals surface area contributed by atoms with E-state index in [4.69, 9.17) is 9.47 Å². The van der Waals surface area contributed by atoms with Gasteiger partial charge in [0.25, 0.3) is 0 Å². The molecule has 0 fully saturated rings. The Morgan fingerprint density at radius 2 is 0.912 bits per heavy atom. The first kappa shape index (κ1) is 23.9. The lowest BCUT2D eigenvalue weighted by Crippen LogP contribution is -1.92. The van der Waals surface area contributed by atoms with E-state index in [0.717, 1.165) is 19.6 Å². The second kappa shape index (κ2) is 10.4. The number of hydrogen-bond acceptors (Lipinski definition) is 6. The van der Waals surface area contributed by atoms with Gasteiger partial charge in [-0.25, -0.2) is 0 Å². The van der Waals surface area contributed by atoms with Crippen LogP contribution in [0.2, 0.25) is 0 Å². The molecule has 4 aromatic carbocycles. The summed E-state index contributed by atoms with van der Waals surface area (Å²) in [6, 6.07) is 23.1. The van der Waals surface area contributed by atoms with Crippen molar-refractivity contribution in [2.24, 2.45) is 0 Å². The molecule has 0 aliphatic carbocycles. The smallest absolute Gasteiger partial charge is 0.133 e. The van der Waals surface area contributed by atoms with Gasteiger partial charge in [0.05, 0.1) is 24.0 Å². The van der Waals surface area contributed by atoms with Gasteiger partial charge < -0.3 is 19.7 Å². The lowest BCUT2D eigenvalue weighted by molar-refractivity contribution is 0.400. The van der Waals surface area contributed by atoms with Crippen molar-refractivity contribution in [1.82, 2.24) is 0 Å². The Kier molecular flexibility index (Phi) is 7.29. The molecule has 4 rings (SSSR count). The maximum absolute atomic E-state index is 10.9. The van der Waals surface area contributed by atoms with Crippen LogP contribution in [0.5, 0.6) is 23.0 Å². The van der Waals surface area contributed by atoms with Crippen LogP contribution in [0.3, 0.4) is 0 Å². The second-order valence-corrected chi connectivity index (χ2v) is 10.1. The lowest BCUT2D eigenvalue weighted by Gasteiger charge is -2.16. The number of ether oxygens (including phenoxy) is 2. The predicted molar refractivity (Wildman–Crippen MR) is 139 cm³/mol. The Morgan fingerprint density at radius 1 is 0.559 bits per heavy atom. The van der Waals surface area contributed by atoms with Crippen molar-refractivity contribution in [1.29, 1.82) is 0 Å². The Hall–Kier alpha value is -3.22. The highest BCUT2D eigenvalue weighted by molar-refractivity contribution is 7.99. The van der Waals surface area contributed by atoms with Crippen LogP contribution < -0.4 is 9.47 Å². The molecule has 0 amide bonds. The molecule has 0 spiro atoms. The fourth-order valence-electron chi connectivity index (χ4n) is 3.48. The lowest BCUT2D eigenvalue weighted by atomic mass is 10.0. The summed E-state index contributed by atoms with van der Waals surface area (Å²) in [7, 11) is 3.19. The Morgan fingerprint density at radius 3 is 1.24 bits per heavy atom. The summed E-state index contributed by atoms with van der Waals surface area (Å²) in [6.07, 6.45) is 0. The largest absolute Gasteiger partial charge is 0.507 e. The third-order valence-electron chi connectivity index (χ3n) is 5.35. The fraction of sp³-hybridized carbons (Fsp3) is 0.143. The molecule has 174 valence electrons. The number of aromatic hydroxyl groups is 2. The van der Waals surface area contributed by atoms with Crippen LogP contribution in [-0.4, -0.2) is 24.4 Å². The summed E-state index contributed by atoms with van der Waals surface area (Å²) in [6.45, 7) is 4.09. The van der Waals surface area contributed by atoms with Gasteiger partial charge in [-0.3, -0.25) is 0 Å². The molecule has 0 aromatic heterocycles. The average Bonchev–Trinajstić information content (AvgIpc) is 2.83. The van der Waals surface area contributed by atoms with E-state index < -0.39 is 0 Å². The molecule has 0 saturated heterocycles. The minimum atomic E-state index is 0.0479. The van der Waals surface area contributed by atoms with Crippen molar-refractivity contribution in [2.75, 3.05) is 14.2 Å². The molecule has 6 heteroatoms. The standard InChI is InChI=1S/C28H26O4S2/c1-17-5-9-19(10-6-17)33-27-15-23(29)21(13-25(27)31-3)22-14-26(32-4)28(16-24(22)30)34-20-11-7-18(2)8-12-20/h5-16,29-30H,1-4H3. The third kappa shape index (κ3) is 5.29. The molecule has 0 atom stereocenters. The van der Waals surface area contributed by atoms with E-state index >= 15 is 0 Å². The second-order valence-electron chi connectivity index (χ2n) is 7.87. The van der Waals surface area contributed by atoms with E-state index in [-0.39, 0.29) is 11.5 Å². The highest BCUT2D eigenvalue weighted by Gasteiger charge is 2.18. The number of methoxy groups -OCH3 is 2. The molecule has 0 heterocycles. The van der Waals surface area contributed by atoms with Gasteiger partial charge in [-0.1, -0.05) is 58.9 Å². The SMILES string of the molecule is COc1cc(-c2cc(OC)c(Sc3ccc(C)cc3)cc2O)c(O)cc1Sc1ccc(C)cc1. The first-order valence-corrected chi connectivity index (χ1v) is 12.3. The molecular weight excluding hydrogens is 464 g/mol. The van der Waals surface area contributed by atoms with Crippen LogP contribution in [0.4, 0.5) is 0 Å². The quantitative estimate of drug-likeness (QED) is 0.277. The van der Waals surface area contributed by atoms with Crippen molar-refractivity contribution in [2.45, 2.75) is 33.4 Å². The monoisotopic (exact) mass is 490 g/mol. The van der Waals surface area contributed by atoms with Crippen LogP contribution in [-0.2, 0) is 0 Å². The maximum atomic E-state index is 10.9. The van der Waals surface area contributed by atoms with Gasteiger partial charge in [0, 0.05) is 20.9 Å². The summed E-state index contributed by atoms with van der Waals surface area (Å²) < 4.78 is 11.2. The molecule has 0 bridgehead atoms. The minimum absolute atomic E-state index is 0.0479. The zero-order valence-corrected chi connectivity index (χ0v) is 21.1. The highest BCUT2D eigenvalue weighted by atomic mass is 32.2. The molecule has 0 saturated carbocycles. The number of rotatable bonds is 7. The normalized spacial score (nSPS) is 10.8. The third-order valence-corrected chi connectivity index (χ3v) is 7.45. The molecule has 4 aromatic rings. The van der Waals surface area contributed by atoms with Gasteiger partial charge in [0.15, 0.2) is 0 Å². The summed E-state index contributed by atoms with van der Waals surface area (Å²) >= 11 is 3.01. The fourth-order valence-corrected chi connectivity index (χ4v) is 5.35. The zero-order valence-electron chi connectivity index (χ0n) is 19.5. The van der Waals surface area contributed by atoms with Crippen molar-refractivity contribution in [3.63, 3.8) is 0 Å². The van der Waals surface area contributed by atoms with Gasteiger partial charge in [0.1, 0.15) is 23.0 Å². The van der Waals surface area contributed by atoms with E-state index in [1.807, 2.05) is 62.4 Å². The first-order valence-electron chi connectivity index (χ1n) is 10.7. The molecule has 0 aliphatic rings.